The second kappa shape index (κ2) is 5.70. The molecule has 0 bridgehead atoms. The molecule has 2 rings (SSSR count). The van der Waals surface area contributed by atoms with Crippen LogP contribution in [-0.2, 0) is 10.0 Å². The summed E-state index contributed by atoms with van der Waals surface area (Å²) in [5.41, 5.74) is 3.82. The largest absolute Gasteiger partial charge is 0.278 e. The number of halogens is 1. The lowest BCUT2D eigenvalue weighted by Gasteiger charge is -2.17. The molecule has 3 nitrogen and oxygen atoms in total. The van der Waals surface area contributed by atoms with E-state index in [2.05, 4.69) is 4.72 Å². The Hall–Kier alpha value is -1.52. The van der Waals surface area contributed by atoms with E-state index in [4.69, 9.17) is 11.6 Å². The molecule has 0 amide bonds. The fourth-order valence-corrected chi connectivity index (χ4v) is 4.26. The maximum atomic E-state index is 12.7. The fraction of sp³-hybridized carbons (Fsp3) is 0.250. The smallest absolute Gasteiger partial charge is 0.262 e. The summed E-state index contributed by atoms with van der Waals surface area (Å²) in [5.74, 6) is 0. The van der Waals surface area contributed by atoms with Crippen molar-refractivity contribution in [3.8, 4) is 0 Å². The molecule has 0 saturated carbocycles. The predicted octanol–water partition coefficient (Wildman–Crippen LogP) is 4.37. The molecule has 0 atom stereocenters. The molecule has 0 heterocycles. The molecule has 0 aliphatic heterocycles. The van der Waals surface area contributed by atoms with E-state index in [0.29, 0.717) is 15.6 Å². The van der Waals surface area contributed by atoms with E-state index < -0.39 is 10.0 Å². The van der Waals surface area contributed by atoms with Gasteiger partial charge in [-0.25, -0.2) is 8.42 Å². The number of hydrogen-bond acceptors (Lipinski definition) is 2. The van der Waals surface area contributed by atoms with Crippen molar-refractivity contribution in [3.63, 3.8) is 0 Å². The molecule has 2 aromatic rings. The number of aryl methyl sites for hydroxylation is 2. The van der Waals surface area contributed by atoms with Crippen LogP contribution < -0.4 is 4.72 Å². The average molecular weight is 324 g/mol. The number of nitrogens with one attached hydrogen (secondary N) is 1. The Morgan fingerprint density at radius 3 is 2.00 bits per heavy atom. The maximum absolute atomic E-state index is 12.7. The maximum Gasteiger partial charge on any atom is 0.262 e. The topological polar surface area (TPSA) is 46.2 Å². The van der Waals surface area contributed by atoms with Crippen molar-refractivity contribution in [2.24, 2.45) is 0 Å². The molecule has 0 aliphatic carbocycles. The monoisotopic (exact) mass is 323 g/mol. The van der Waals surface area contributed by atoms with Crippen LogP contribution in [0.5, 0.6) is 0 Å². The molecule has 5 heteroatoms. The number of anilines is 1. The van der Waals surface area contributed by atoms with Crippen molar-refractivity contribution in [2.45, 2.75) is 32.6 Å². The molecular formula is C16H18ClNO2S. The number of para-hydroxylation sites is 1. The van der Waals surface area contributed by atoms with Crippen molar-refractivity contribution >= 4 is 27.3 Å². The minimum Gasteiger partial charge on any atom is -0.278 e. The average Bonchev–Trinajstić information content (AvgIpc) is 2.39. The van der Waals surface area contributed by atoms with Crippen LogP contribution in [0.4, 0.5) is 5.69 Å². The molecule has 2 aromatic carbocycles. The second-order valence-corrected chi connectivity index (χ2v) is 7.20. The molecule has 0 fully saturated rings. The summed E-state index contributed by atoms with van der Waals surface area (Å²) >= 11 is 6.03. The highest BCUT2D eigenvalue weighted by Crippen LogP contribution is 2.29. The Balaban J connectivity index is 2.58. The quantitative estimate of drug-likeness (QED) is 0.911. The summed E-state index contributed by atoms with van der Waals surface area (Å²) in [6, 6.07) is 8.80. The van der Waals surface area contributed by atoms with E-state index in [1.54, 1.807) is 24.3 Å². The van der Waals surface area contributed by atoms with E-state index in [1.165, 1.54) is 0 Å². The normalized spacial score (nSPS) is 11.5. The van der Waals surface area contributed by atoms with E-state index >= 15 is 0 Å². The molecule has 0 spiro atoms. The van der Waals surface area contributed by atoms with Crippen molar-refractivity contribution < 1.29 is 8.42 Å². The predicted molar refractivity (Wildman–Crippen MR) is 87.7 cm³/mol. The highest BCUT2D eigenvalue weighted by molar-refractivity contribution is 7.92. The summed E-state index contributed by atoms with van der Waals surface area (Å²) in [6.07, 6.45) is 0. The Morgan fingerprint density at radius 1 is 0.952 bits per heavy atom. The van der Waals surface area contributed by atoms with Gasteiger partial charge in [0, 0.05) is 0 Å². The van der Waals surface area contributed by atoms with Gasteiger partial charge >= 0.3 is 0 Å². The summed E-state index contributed by atoms with van der Waals surface area (Å²) in [4.78, 5) is 0.333. The van der Waals surface area contributed by atoms with E-state index in [1.807, 2.05) is 33.8 Å². The van der Waals surface area contributed by atoms with E-state index in [-0.39, 0.29) is 0 Å². The van der Waals surface area contributed by atoms with Gasteiger partial charge in [0.2, 0.25) is 0 Å². The number of rotatable bonds is 3. The lowest BCUT2D eigenvalue weighted by molar-refractivity contribution is 0.599. The van der Waals surface area contributed by atoms with Gasteiger partial charge in [-0.3, -0.25) is 4.72 Å². The third kappa shape index (κ3) is 3.06. The summed E-state index contributed by atoms with van der Waals surface area (Å²) < 4.78 is 28.0. The Labute approximate surface area is 131 Å². The number of sulfonamides is 1. The van der Waals surface area contributed by atoms with Crippen LogP contribution in [0.15, 0.2) is 35.2 Å². The van der Waals surface area contributed by atoms with Gasteiger partial charge in [-0.1, -0.05) is 29.8 Å². The van der Waals surface area contributed by atoms with Crippen LogP contribution >= 0.6 is 11.6 Å². The van der Waals surface area contributed by atoms with Crippen LogP contribution in [0, 0.1) is 27.7 Å². The molecule has 0 unspecified atom stereocenters. The molecule has 112 valence electrons. The van der Waals surface area contributed by atoms with Crippen LogP contribution in [0.25, 0.3) is 0 Å². The van der Waals surface area contributed by atoms with E-state index in [0.717, 1.165) is 22.3 Å². The molecule has 0 saturated heterocycles. The molecule has 0 aliphatic rings. The number of benzene rings is 2. The lowest BCUT2D eigenvalue weighted by atomic mass is 10.0. The van der Waals surface area contributed by atoms with Gasteiger partial charge in [0.1, 0.15) is 0 Å². The third-order valence-electron chi connectivity index (χ3n) is 3.68. The molecular weight excluding hydrogens is 306 g/mol. The first kappa shape index (κ1) is 15.9. The zero-order valence-electron chi connectivity index (χ0n) is 12.5. The minimum absolute atomic E-state index is 0.333. The minimum atomic E-state index is -3.68. The van der Waals surface area contributed by atoms with Crippen LogP contribution in [0.3, 0.4) is 0 Å². The van der Waals surface area contributed by atoms with Crippen LogP contribution in [0.2, 0.25) is 5.02 Å². The van der Waals surface area contributed by atoms with Gasteiger partial charge in [-0.15, -0.1) is 0 Å². The fourth-order valence-electron chi connectivity index (χ4n) is 2.32. The summed E-state index contributed by atoms with van der Waals surface area (Å²) in [6.45, 7) is 7.47. The van der Waals surface area contributed by atoms with Crippen molar-refractivity contribution in [2.75, 3.05) is 4.72 Å². The second-order valence-electron chi connectivity index (χ2n) is 5.17. The van der Waals surface area contributed by atoms with Gasteiger partial charge < -0.3 is 0 Å². The molecule has 0 radical (unpaired) electrons. The van der Waals surface area contributed by atoms with Gasteiger partial charge in [0.25, 0.3) is 10.0 Å². The Kier molecular flexibility index (Phi) is 4.30. The summed E-state index contributed by atoms with van der Waals surface area (Å²) in [5, 5.41) is 0.376. The first-order valence-corrected chi connectivity index (χ1v) is 8.45. The third-order valence-corrected chi connectivity index (χ3v) is 5.65. The SMILES string of the molecule is Cc1cc(C)c(C)c(S(=O)(=O)Nc2ccccc2Cl)c1C. The Bertz CT molecular complexity index is 772. The Morgan fingerprint density at radius 2 is 1.48 bits per heavy atom. The highest BCUT2D eigenvalue weighted by atomic mass is 35.5. The van der Waals surface area contributed by atoms with Gasteiger partial charge in [0.15, 0.2) is 0 Å². The summed E-state index contributed by atoms with van der Waals surface area (Å²) in [7, 11) is -3.68. The van der Waals surface area contributed by atoms with Crippen molar-refractivity contribution in [3.05, 3.63) is 57.6 Å². The standard InChI is InChI=1S/C16H18ClNO2S/c1-10-9-11(2)13(4)16(12(10)3)21(19,20)18-15-8-6-5-7-14(15)17/h5-9,18H,1-4H3. The lowest BCUT2D eigenvalue weighted by Crippen LogP contribution is -2.17. The van der Waals surface area contributed by atoms with Crippen LogP contribution in [0.1, 0.15) is 22.3 Å². The molecule has 1 N–H and O–H groups in total. The van der Waals surface area contributed by atoms with Gasteiger partial charge in [0.05, 0.1) is 15.6 Å². The highest BCUT2D eigenvalue weighted by Gasteiger charge is 2.22. The van der Waals surface area contributed by atoms with Gasteiger partial charge in [-0.2, -0.15) is 0 Å². The molecule has 0 aromatic heterocycles. The zero-order valence-corrected chi connectivity index (χ0v) is 14.1. The van der Waals surface area contributed by atoms with Crippen molar-refractivity contribution in [1.82, 2.24) is 0 Å². The van der Waals surface area contributed by atoms with Gasteiger partial charge in [-0.05, 0) is 62.1 Å². The van der Waals surface area contributed by atoms with E-state index in [9.17, 15) is 8.42 Å². The van der Waals surface area contributed by atoms with Crippen molar-refractivity contribution in [1.29, 1.82) is 0 Å². The zero-order chi connectivity index (χ0) is 15.8. The molecule has 21 heavy (non-hydrogen) atoms. The first-order valence-electron chi connectivity index (χ1n) is 6.59. The number of hydrogen-bond donors (Lipinski definition) is 1. The van der Waals surface area contributed by atoms with Crippen LogP contribution in [-0.4, -0.2) is 8.42 Å². The first-order chi connectivity index (χ1) is 9.74.